The largest absolute Gasteiger partial charge is 0.495 e. The van der Waals surface area contributed by atoms with Crippen LogP contribution >= 0.6 is 15.9 Å². The van der Waals surface area contributed by atoms with Crippen molar-refractivity contribution in [2.45, 2.75) is 13.0 Å². The van der Waals surface area contributed by atoms with Crippen molar-refractivity contribution in [3.63, 3.8) is 0 Å². The minimum absolute atomic E-state index is 0.0255. The van der Waals surface area contributed by atoms with Crippen molar-refractivity contribution in [3.8, 4) is 5.75 Å². The molecule has 0 unspecified atom stereocenters. The molecule has 0 saturated heterocycles. The highest BCUT2D eigenvalue weighted by molar-refractivity contribution is 9.10. The van der Waals surface area contributed by atoms with Crippen LogP contribution in [0.15, 0.2) is 46.9 Å². The van der Waals surface area contributed by atoms with Crippen LogP contribution in [-0.2, 0) is 17.8 Å². The lowest BCUT2D eigenvalue weighted by atomic mass is 10.1. The highest BCUT2D eigenvalue weighted by atomic mass is 79.9. The monoisotopic (exact) mass is 348 g/mol. The van der Waals surface area contributed by atoms with E-state index in [4.69, 9.17) is 10.5 Å². The molecule has 0 aliphatic rings. The van der Waals surface area contributed by atoms with E-state index in [0.29, 0.717) is 24.4 Å². The second-order valence-electron chi connectivity index (χ2n) is 4.66. The number of carbonyl (C=O) groups excluding carboxylic acids is 1. The van der Waals surface area contributed by atoms with Gasteiger partial charge in [-0.3, -0.25) is 4.79 Å². The number of halogens is 1. The maximum Gasteiger partial charge on any atom is 0.224 e. The van der Waals surface area contributed by atoms with Gasteiger partial charge in [0, 0.05) is 11.0 Å². The molecule has 0 radical (unpaired) electrons. The molecule has 2 rings (SSSR count). The molecular formula is C16H17BrN2O2. The molecule has 2 aromatic rings. The van der Waals surface area contributed by atoms with Crippen LogP contribution in [0, 0.1) is 0 Å². The number of carbonyl (C=O) groups is 1. The van der Waals surface area contributed by atoms with E-state index in [1.54, 1.807) is 19.2 Å². The van der Waals surface area contributed by atoms with Gasteiger partial charge in [-0.15, -0.1) is 0 Å². The highest BCUT2D eigenvalue weighted by Crippen LogP contribution is 2.21. The van der Waals surface area contributed by atoms with Gasteiger partial charge in [0.2, 0.25) is 5.91 Å². The molecule has 0 saturated carbocycles. The van der Waals surface area contributed by atoms with Crippen molar-refractivity contribution in [2.24, 2.45) is 0 Å². The molecule has 110 valence electrons. The molecule has 0 heterocycles. The normalized spacial score (nSPS) is 10.2. The maximum atomic E-state index is 11.9. The van der Waals surface area contributed by atoms with E-state index in [0.717, 1.165) is 15.6 Å². The number of anilines is 1. The van der Waals surface area contributed by atoms with Crippen molar-refractivity contribution in [3.05, 3.63) is 58.1 Å². The van der Waals surface area contributed by atoms with Gasteiger partial charge in [-0.25, -0.2) is 0 Å². The predicted molar refractivity (Wildman–Crippen MR) is 87.1 cm³/mol. The fraction of sp³-hybridized carbons (Fsp3) is 0.188. The zero-order chi connectivity index (χ0) is 15.2. The van der Waals surface area contributed by atoms with Gasteiger partial charge in [-0.1, -0.05) is 34.1 Å². The predicted octanol–water partition coefficient (Wildman–Crippen LogP) is 2.90. The van der Waals surface area contributed by atoms with Gasteiger partial charge in [0.25, 0.3) is 0 Å². The Kier molecular flexibility index (Phi) is 5.22. The first-order chi connectivity index (χ1) is 10.1. The highest BCUT2D eigenvalue weighted by Gasteiger charge is 2.05. The molecule has 0 aliphatic heterocycles. The van der Waals surface area contributed by atoms with Crippen LogP contribution in [0.1, 0.15) is 11.1 Å². The van der Waals surface area contributed by atoms with E-state index in [1.165, 1.54) is 0 Å². The lowest BCUT2D eigenvalue weighted by molar-refractivity contribution is -0.120. The molecule has 0 aliphatic carbocycles. The van der Waals surface area contributed by atoms with Crippen LogP contribution in [-0.4, -0.2) is 13.0 Å². The number of rotatable bonds is 5. The Morgan fingerprint density at radius 3 is 2.71 bits per heavy atom. The lowest BCUT2D eigenvalue weighted by Crippen LogP contribution is -2.24. The maximum absolute atomic E-state index is 11.9. The Hall–Kier alpha value is -2.01. The molecule has 0 aromatic heterocycles. The Morgan fingerprint density at radius 1 is 1.24 bits per heavy atom. The molecule has 0 bridgehead atoms. The quantitative estimate of drug-likeness (QED) is 0.816. The minimum atomic E-state index is -0.0255. The number of amides is 1. The number of methoxy groups -OCH3 is 1. The summed E-state index contributed by atoms with van der Waals surface area (Å²) in [4.78, 5) is 11.9. The third-order valence-corrected chi connectivity index (χ3v) is 3.53. The van der Waals surface area contributed by atoms with Gasteiger partial charge in [0.15, 0.2) is 0 Å². The van der Waals surface area contributed by atoms with Gasteiger partial charge in [0.05, 0.1) is 19.2 Å². The first-order valence-corrected chi connectivity index (χ1v) is 7.31. The van der Waals surface area contributed by atoms with Gasteiger partial charge >= 0.3 is 0 Å². The number of nitrogens with one attached hydrogen (secondary N) is 1. The standard InChI is InChI=1S/C16H17BrN2O2/c1-21-15-6-5-12(8-14(15)18)10-19-16(20)9-11-3-2-4-13(17)7-11/h2-8H,9-10,18H2,1H3,(H,19,20). The van der Waals surface area contributed by atoms with Gasteiger partial charge in [-0.05, 0) is 35.4 Å². The minimum Gasteiger partial charge on any atom is -0.495 e. The smallest absolute Gasteiger partial charge is 0.224 e. The zero-order valence-electron chi connectivity index (χ0n) is 11.7. The molecule has 5 heteroatoms. The van der Waals surface area contributed by atoms with Crippen LogP contribution < -0.4 is 15.8 Å². The van der Waals surface area contributed by atoms with E-state index in [2.05, 4.69) is 21.2 Å². The number of benzene rings is 2. The average molecular weight is 349 g/mol. The van der Waals surface area contributed by atoms with Crippen molar-refractivity contribution < 1.29 is 9.53 Å². The first kappa shape index (κ1) is 15.4. The summed E-state index contributed by atoms with van der Waals surface area (Å²) < 4.78 is 6.07. The molecule has 0 atom stereocenters. The van der Waals surface area contributed by atoms with Crippen LogP contribution in [0.25, 0.3) is 0 Å². The van der Waals surface area contributed by atoms with E-state index < -0.39 is 0 Å². The SMILES string of the molecule is COc1ccc(CNC(=O)Cc2cccc(Br)c2)cc1N. The second kappa shape index (κ2) is 7.13. The van der Waals surface area contributed by atoms with Gasteiger partial charge in [-0.2, -0.15) is 0 Å². The van der Waals surface area contributed by atoms with E-state index in [9.17, 15) is 4.79 Å². The van der Waals surface area contributed by atoms with E-state index >= 15 is 0 Å². The average Bonchev–Trinajstić information content (AvgIpc) is 2.45. The third kappa shape index (κ3) is 4.49. The summed E-state index contributed by atoms with van der Waals surface area (Å²) in [6.45, 7) is 0.445. The Bertz CT molecular complexity index is 644. The summed E-state index contributed by atoms with van der Waals surface area (Å²) in [6.07, 6.45) is 0.352. The Labute approximate surface area is 132 Å². The first-order valence-electron chi connectivity index (χ1n) is 6.52. The zero-order valence-corrected chi connectivity index (χ0v) is 13.3. The number of nitrogens with two attached hydrogens (primary N) is 1. The topological polar surface area (TPSA) is 64.3 Å². The summed E-state index contributed by atoms with van der Waals surface area (Å²) in [5, 5.41) is 2.88. The summed E-state index contributed by atoms with van der Waals surface area (Å²) in [5.41, 5.74) is 8.31. The van der Waals surface area contributed by atoms with Crippen molar-refractivity contribution in [1.82, 2.24) is 5.32 Å². The van der Waals surface area contributed by atoms with Crippen LogP contribution in [0.4, 0.5) is 5.69 Å². The van der Waals surface area contributed by atoms with E-state index in [1.807, 2.05) is 30.3 Å². The third-order valence-electron chi connectivity index (χ3n) is 3.04. The van der Waals surface area contributed by atoms with Crippen molar-refractivity contribution >= 4 is 27.5 Å². The summed E-state index contributed by atoms with van der Waals surface area (Å²) >= 11 is 3.39. The molecule has 2 aromatic carbocycles. The van der Waals surface area contributed by atoms with Gasteiger partial charge < -0.3 is 15.8 Å². The van der Waals surface area contributed by atoms with Crippen LogP contribution in [0.3, 0.4) is 0 Å². The molecule has 21 heavy (non-hydrogen) atoms. The second-order valence-corrected chi connectivity index (χ2v) is 5.58. The van der Waals surface area contributed by atoms with E-state index in [-0.39, 0.29) is 5.91 Å². The lowest BCUT2D eigenvalue weighted by Gasteiger charge is -2.09. The number of hydrogen-bond donors (Lipinski definition) is 2. The molecule has 3 N–H and O–H groups in total. The summed E-state index contributed by atoms with van der Waals surface area (Å²) in [7, 11) is 1.57. The van der Waals surface area contributed by atoms with Crippen LogP contribution in [0.2, 0.25) is 0 Å². The van der Waals surface area contributed by atoms with Gasteiger partial charge in [0.1, 0.15) is 5.75 Å². The number of nitrogen functional groups attached to an aromatic ring is 1. The number of ether oxygens (including phenoxy) is 1. The molecule has 0 spiro atoms. The Morgan fingerprint density at radius 2 is 2.05 bits per heavy atom. The van der Waals surface area contributed by atoms with Crippen molar-refractivity contribution in [1.29, 1.82) is 0 Å². The van der Waals surface area contributed by atoms with Crippen molar-refractivity contribution in [2.75, 3.05) is 12.8 Å². The summed E-state index contributed by atoms with van der Waals surface area (Å²) in [6, 6.07) is 13.2. The fourth-order valence-corrected chi connectivity index (χ4v) is 2.44. The molecule has 4 nitrogen and oxygen atoms in total. The molecular weight excluding hydrogens is 332 g/mol. The molecule has 0 fully saturated rings. The summed E-state index contributed by atoms with van der Waals surface area (Å²) in [5.74, 6) is 0.613. The van der Waals surface area contributed by atoms with Crippen LogP contribution in [0.5, 0.6) is 5.75 Å². The molecule has 1 amide bonds. The fourth-order valence-electron chi connectivity index (χ4n) is 1.99. The number of hydrogen-bond acceptors (Lipinski definition) is 3. The Balaban J connectivity index is 1.90.